The minimum Gasteiger partial charge on any atom is -0.357 e. The van der Waals surface area contributed by atoms with Crippen molar-refractivity contribution in [1.82, 2.24) is 14.9 Å². The van der Waals surface area contributed by atoms with E-state index in [1.54, 1.807) is 6.07 Å². The Hall–Kier alpha value is -2.46. The van der Waals surface area contributed by atoms with Crippen molar-refractivity contribution in [3.8, 4) is 0 Å². The molecular weight excluding hydrogens is 286 g/mol. The maximum atomic E-state index is 12.3. The molecule has 1 N–H and O–H groups in total. The molecule has 4 heteroatoms. The van der Waals surface area contributed by atoms with Gasteiger partial charge in [0.15, 0.2) is 5.43 Å². The average molecular weight is 307 g/mol. The highest BCUT2D eigenvalue weighted by Gasteiger charge is 2.08. The van der Waals surface area contributed by atoms with E-state index in [4.69, 9.17) is 0 Å². The lowest BCUT2D eigenvalue weighted by Crippen LogP contribution is -2.20. The zero-order chi connectivity index (χ0) is 16.4. The molecule has 118 valence electrons. The van der Waals surface area contributed by atoms with Crippen molar-refractivity contribution in [1.29, 1.82) is 0 Å². The highest BCUT2D eigenvalue weighted by atomic mass is 16.1. The molecule has 0 amide bonds. The highest BCUT2D eigenvalue weighted by Crippen LogP contribution is 2.13. The second kappa shape index (κ2) is 6.34. The fourth-order valence-electron chi connectivity index (χ4n) is 2.79. The van der Waals surface area contributed by atoms with Gasteiger partial charge in [-0.1, -0.05) is 17.7 Å². The maximum absolute atomic E-state index is 12.3. The molecule has 0 bridgehead atoms. The zero-order valence-corrected chi connectivity index (χ0v) is 13.8. The number of benzene rings is 1. The predicted octanol–water partition coefficient (Wildman–Crippen LogP) is 3.17. The van der Waals surface area contributed by atoms with Gasteiger partial charge in [0.05, 0.1) is 5.69 Å². The van der Waals surface area contributed by atoms with Gasteiger partial charge in [-0.25, -0.2) is 0 Å². The number of nitrogens with zero attached hydrogens (tertiary/aromatic N) is 2. The summed E-state index contributed by atoms with van der Waals surface area (Å²) in [5, 5.41) is 0.747. The van der Waals surface area contributed by atoms with Gasteiger partial charge in [0, 0.05) is 41.9 Å². The summed E-state index contributed by atoms with van der Waals surface area (Å²) in [6, 6.07) is 11.6. The molecule has 0 fully saturated rings. The molecule has 0 aliphatic carbocycles. The van der Waals surface area contributed by atoms with E-state index in [2.05, 4.69) is 27.9 Å². The summed E-state index contributed by atoms with van der Waals surface area (Å²) in [7, 11) is 2.03. The minimum absolute atomic E-state index is 0.0693. The molecule has 0 unspecified atom stereocenters. The van der Waals surface area contributed by atoms with Crippen LogP contribution in [0.5, 0.6) is 0 Å². The van der Waals surface area contributed by atoms with Crippen LogP contribution in [-0.2, 0) is 13.1 Å². The Bertz CT molecular complexity index is 899. The minimum atomic E-state index is 0.0693. The van der Waals surface area contributed by atoms with Crippen LogP contribution in [-0.4, -0.2) is 21.9 Å². The van der Waals surface area contributed by atoms with E-state index in [1.165, 1.54) is 5.56 Å². The van der Waals surface area contributed by atoms with Crippen LogP contribution in [0.2, 0.25) is 0 Å². The summed E-state index contributed by atoms with van der Waals surface area (Å²) < 4.78 is 0. The van der Waals surface area contributed by atoms with Crippen molar-refractivity contribution < 1.29 is 0 Å². The Balaban J connectivity index is 1.82. The summed E-state index contributed by atoms with van der Waals surface area (Å²) in [6.07, 6.45) is 1.82. The Kier molecular flexibility index (Phi) is 4.26. The highest BCUT2D eigenvalue weighted by molar-refractivity contribution is 5.79. The molecule has 3 aromatic rings. The lowest BCUT2D eigenvalue weighted by atomic mass is 10.1. The molecule has 0 aliphatic rings. The molecular formula is C19H21N3O. The largest absolute Gasteiger partial charge is 0.357 e. The molecule has 0 atom stereocenters. The van der Waals surface area contributed by atoms with Gasteiger partial charge < -0.3 is 4.98 Å². The van der Waals surface area contributed by atoms with Crippen LogP contribution >= 0.6 is 0 Å². The molecule has 0 saturated carbocycles. The monoisotopic (exact) mass is 307 g/mol. The predicted molar refractivity (Wildman–Crippen MR) is 93.5 cm³/mol. The van der Waals surface area contributed by atoms with E-state index >= 15 is 0 Å². The number of nitrogens with one attached hydrogen (secondary N) is 1. The third kappa shape index (κ3) is 3.48. The van der Waals surface area contributed by atoms with Crippen molar-refractivity contribution in [3.05, 3.63) is 75.3 Å². The van der Waals surface area contributed by atoms with Crippen molar-refractivity contribution in [2.45, 2.75) is 26.9 Å². The number of aromatic nitrogens is 2. The lowest BCUT2D eigenvalue weighted by Gasteiger charge is -2.17. The Morgan fingerprint density at radius 3 is 2.74 bits per heavy atom. The van der Waals surface area contributed by atoms with Gasteiger partial charge in [-0.05, 0) is 44.7 Å². The van der Waals surface area contributed by atoms with Gasteiger partial charge in [0.25, 0.3) is 0 Å². The van der Waals surface area contributed by atoms with E-state index in [0.29, 0.717) is 6.54 Å². The molecule has 2 aromatic heterocycles. The van der Waals surface area contributed by atoms with Gasteiger partial charge in [-0.3, -0.25) is 14.7 Å². The Morgan fingerprint density at radius 2 is 1.96 bits per heavy atom. The normalized spacial score (nSPS) is 11.3. The number of pyridine rings is 2. The lowest BCUT2D eigenvalue weighted by molar-refractivity contribution is 0.311. The molecule has 0 spiro atoms. The first-order valence-corrected chi connectivity index (χ1v) is 7.74. The summed E-state index contributed by atoms with van der Waals surface area (Å²) >= 11 is 0. The first kappa shape index (κ1) is 15.4. The number of H-pyrrole nitrogens is 1. The molecule has 4 nitrogen and oxygen atoms in total. The van der Waals surface area contributed by atoms with Crippen LogP contribution in [0.25, 0.3) is 10.9 Å². The molecule has 3 rings (SSSR count). The number of aryl methyl sites for hydroxylation is 2. The molecule has 1 aromatic carbocycles. The first-order valence-electron chi connectivity index (χ1n) is 7.74. The smallest absolute Gasteiger partial charge is 0.189 e. The van der Waals surface area contributed by atoms with Crippen LogP contribution in [0.3, 0.4) is 0 Å². The van der Waals surface area contributed by atoms with Gasteiger partial charge in [0.1, 0.15) is 0 Å². The van der Waals surface area contributed by atoms with E-state index in [9.17, 15) is 4.79 Å². The fourth-order valence-corrected chi connectivity index (χ4v) is 2.79. The van der Waals surface area contributed by atoms with Crippen molar-refractivity contribution in [2.24, 2.45) is 0 Å². The summed E-state index contributed by atoms with van der Waals surface area (Å²) in [5.74, 6) is 0. The molecule has 0 aliphatic heterocycles. The molecule has 0 saturated heterocycles. The number of hydrogen-bond donors (Lipinski definition) is 1. The second-order valence-electron chi connectivity index (χ2n) is 6.15. The quantitative estimate of drug-likeness (QED) is 0.805. The van der Waals surface area contributed by atoms with Gasteiger partial charge in [-0.15, -0.1) is 0 Å². The van der Waals surface area contributed by atoms with Crippen molar-refractivity contribution >= 4 is 10.9 Å². The molecule has 23 heavy (non-hydrogen) atoms. The SMILES string of the molecule is Cc1ccc2[nH]c(CN(C)Cc3ncccc3C)cc(=O)c2c1. The summed E-state index contributed by atoms with van der Waals surface area (Å²) in [6.45, 7) is 5.49. The van der Waals surface area contributed by atoms with E-state index < -0.39 is 0 Å². The van der Waals surface area contributed by atoms with E-state index in [0.717, 1.165) is 34.4 Å². The van der Waals surface area contributed by atoms with Crippen LogP contribution < -0.4 is 5.43 Å². The van der Waals surface area contributed by atoms with Gasteiger partial charge in [-0.2, -0.15) is 0 Å². The number of hydrogen-bond acceptors (Lipinski definition) is 3. The third-order valence-electron chi connectivity index (χ3n) is 4.02. The maximum Gasteiger partial charge on any atom is 0.189 e. The van der Waals surface area contributed by atoms with Gasteiger partial charge in [0.2, 0.25) is 0 Å². The van der Waals surface area contributed by atoms with Crippen LogP contribution in [0.15, 0.2) is 47.4 Å². The number of fused-ring (bicyclic) bond motifs is 1. The van der Waals surface area contributed by atoms with Crippen molar-refractivity contribution in [2.75, 3.05) is 7.05 Å². The molecule has 2 heterocycles. The van der Waals surface area contributed by atoms with Crippen LogP contribution in [0.4, 0.5) is 0 Å². The first-order chi connectivity index (χ1) is 11.0. The van der Waals surface area contributed by atoms with Crippen LogP contribution in [0.1, 0.15) is 22.5 Å². The molecule has 0 radical (unpaired) electrons. The fraction of sp³-hybridized carbons (Fsp3) is 0.263. The van der Waals surface area contributed by atoms with Gasteiger partial charge >= 0.3 is 0 Å². The summed E-state index contributed by atoms with van der Waals surface area (Å²) in [5.41, 5.74) is 5.22. The third-order valence-corrected chi connectivity index (χ3v) is 4.02. The van der Waals surface area contributed by atoms with Crippen LogP contribution in [0, 0.1) is 13.8 Å². The zero-order valence-electron chi connectivity index (χ0n) is 13.8. The Morgan fingerprint density at radius 1 is 1.13 bits per heavy atom. The van der Waals surface area contributed by atoms with Crippen molar-refractivity contribution in [3.63, 3.8) is 0 Å². The average Bonchev–Trinajstić information content (AvgIpc) is 2.50. The number of aromatic amines is 1. The number of rotatable bonds is 4. The second-order valence-corrected chi connectivity index (χ2v) is 6.15. The standard InChI is InChI=1S/C19H21N3O/c1-13-6-7-17-16(9-13)19(23)10-15(21-17)11-22(3)12-18-14(2)5-4-8-20-18/h4-10H,11-12H2,1-3H3,(H,21,23). The van der Waals surface area contributed by atoms with E-state index in [1.807, 2.05) is 44.4 Å². The summed E-state index contributed by atoms with van der Waals surface area (Å²) in [4.78, 5) is 22.2. The topological polar surface area (TPSA) is 49.0 Å². The van der Waals surface area contributed by atoms with E-state index in [-0.39, 0.29) is 5.43 Å². The Labute approximate surface area is 135 Å².